The minimum Gasteiger partial charge on any atom is -0.462 e. The molecule has 0 atom stereocenters. The highest BCUT2D eigenvalue weighted by molar-refractivity contribution is 6.21. The largest absolute Gasteiger partial charge is 0.462 e. The van der Waals surface area contributed by atoms with Crippen LogP contribution in [0.1, 0.15) is 100 Å². The fourth-order valence-corrected chi connectivity index (χ4v) is 6.44. The third-order valence-corrected chi connectivity index (χ3v) is 9.15. The van der Waals surface area contributed by atoms with Gasteiger partial charge in [-0.05, 0) is 85.7 Å². The van der Waals surface area contributed by atoms with Crippen LogP contribution in [0.2, 0.25) is 0 Å². The summed E-state index contributed by atoms with van der Waals surface area (Å²) in [4.78, 5) is 76.2. The number of esters is 1. The molecule has 0 bridgehead atoms. The number of unbranched alkanes of at least 4 members (excludes halogenated alkanes) is 6. The zero-order valence-electron chi connectivity index (χ0n) is 30.8. The number of ether oxygens (including phenoxy) is 1. The number of nitrogens with zero attached hydrogens (tertiary/aromatic N) is 6. The summed E-state index contributed by atoms with van der Waals surface area (Å²) in [6.45, 7) is 6.97. The number of aryl methyl sites for hydroxylation is 2. The Bertz CT molecular complexity index is 2440. The van der Waals surface area contributed by atoms with E-state index in [9.17, 15) is 4.79 Å². The van der Waals surface area contributed by atoms with Gasteiger partial charge < -0.3 is 4.74 Å². The number of carbonyl (C=O) groups excluding carboxylic acids is 5. The van der Waals surface area contributed by atoms with Gasteiger partial charge in [0, 0.05) is 0 Å². The fourth-order valence-electron chi connectivity index (χ4n) is 6.44. The molecule has 3 aromatic heterocycles. The summed E-state index contributed by atoms with van der Waals surface area (Å²) >= 11 is 0. The highest BCUT2D eigenvalue weighted by Gasteiger charge is 2.20. The highest BCUT2D eigenvalue weighted by atomic mass is 16.5. The second-order valence-corrected chi connectivity index (χ2v) is 13.0. The summed E-state index contributed by atoms with van der Waals surface area (Å²) in [6, 6.07) is 18.0. The summed E-state index contributed by atoms with van der Waals surface area (Å²) in [6.07, 6.45) is 12.5. The Hall–Kier alpha value is -6.09. The lowest BCUT2D eigenvalue weighted by Crippen LogP contribution is -2.07. The van der Waals surface area contributed by atoms with Crippen LogP contribution in [0.25, 0.3) is 66.2 Å². The Morgan fingerprint density at radius 2 is 0.833 bits per heavy atom. The molecule has 0 radical (unpaired) electrons. The molecule has 3 heterocycles. The van der Waals surface area contributed by atoms with Gasteiger partial charge in [-0.15, -0.1) is 0 Å². The number of carbonyl (C=O) groups is 1. The third-order valence-electron chi connectivity index (χ3n) is 9.15. The molecule has 7 aromatic rings. The molecule has 7 rings (SSSR count). The molecular formula is C42H42N6O6. The molecule has 4 aromatic carbocycles. The van der Waals surface area contributed by atoms with Crippen molar-refractivity contribution in [2.75, 3.05) is 6.61 Å². The van der Waals surface area contributed by atoms with Gasteiger partial charge in [-0.3, -0.25) is 0 Å². The van der Waals surface area contributed by atoms with Gasteiger partial charge in [-0.1, -0.05) is 71.4 Å². The predicted octanol–water partition coefficient (Wildman–Crippen LogP) is 8.62. The monoisotopic (exact) mass is 726 g/mol. The van der Waals surface area contributed by atoms with Gasteiger partial charge in [0.2, 0.25) is 0 Å². The molecule has 0 aliphatic carbocycles. The first-order valence-electron chi connectivity index (χ1n) is 18.5. The topological polar surface area (TPSA) is 172 Å². The van der Waals surface area contributed by atoms with E-state index in [4.69, 9.17) is 53.8 Å². The van der Waals surface area contributed by atoms with E-state index in [1.807, 2.05) is 12.1 Å². The quantitative estimate of drug-likeness (QED) is 0.0480. The lowest BCUT2D eigenvalue weighted by atomic mass is 10.1. The molecule has 0 fully saturated rings. The molecule has 0 amide bonds. The molecule has 0 saturated heterocycles. The second-order valence-electron chi connectivity index (χ2n) is 13.0. The van der Waals surface area contributed by atoms with Crippen LogP contribution in [-0.4, -0.2) is 54.8 Å². The predicted molar refractivity (Wildman–Crippen MR) is 205 cm³/mol. The minimum atomic E-state index is -0.356. The van der Waals surface area contributed by atoms with Gasteiger partial charge in [0.25, 0.3) is 0 Å². The number of aromatic nitrogens is 6. The van der Waals surface area contributed by atoms with Crippen molar-refractivity contribution >= 4 is 84.5 Å². The van der Waals surface area contributed by atoms with Crippen molar-refractivity contribution in [2.24, 2.45) is 0 Å². The highest BCUT2D eigenvalue weighted by Crippen LogP contribution is 2.33. The van der Waals surface area contributed by atoms with Crippen LogP contribution in [0.5, 0.6) is 0 Å². The van der Waals surface area contributed by atoms with Crippen LogP contribution in [0.4, 0.5) is 0 Å². The third kappa shape index (κ3) is 9.09. The Kier molecular flexibility index (Phi) is 13.9. The van der Waals surface area contributed by atoms with Gasteiger partial charge in [-0.2, -0.15) is 19.2 Å². The summed E-state index contributed by atoms with van der Waals surface area (Å²) in [7, 11) is 0. The lowest BCUT2D eigenvalue weighted by molar-refractivity contribution is -0.193. The van der Waals surface area contributed by atoms with Crippen molar-refractivity contribution < 1.29 is 28.7 Å². The zero-order chi connectivity index (χ0) is 38.5. The smallest absolute Gasteiger partial charge is 0.373 e. The van der Waals surface area contributed by atoms with Gasteiger partial charge in [0.15, 0.2) is 0 Å². The van der Waals surface area contributed by atoms with Gasteiger partial charge in [-0.25, -0.2) is 34.7 Å². The normalized spacial score (nSPS) is 10.9. The first kappa shape index (κ1) is 39.1. The van der Waals surface area contributed by atoms with Crippen LogP contribution in [-0.2, 0) is 36.8 Å². The SMILES string of the molecule is CCCCCOC(=O)c1ccc2nc3c4nc5cc(CCCCC)ccc5nc4c4nc5cc(CCCCC)ccc5nc4c3nc2c1.O=C=O.O=C=O. The molecule has 12 heteroatoms. The number of fused-ring (bicyclic) bond motifs is 9. The van der Waals surface area contributed by atoms with E-state index in [1.165, 1.54) is 36.8 Å². The van der Waals surface area contributed by atoms with Crippen molar-refractivity contribution in [1.29, 1.82) is 0 Å². The van der Waals surface area contributed by atoms with Crippen molar-refractivity contribution in [2.45, 2.75) is 91.4 Å². The molecule has 276 valence electrons. The molecular weight excluding hydrogens is 684 g/mol. The standard InChI is InChI=1S/C40H42N6O2.2CO2/c1-4-7-10-13-25-15-18-28-31(22-25)45-38-34(41-28)37-35(42-29-19-16-26(14-11-8-5-2)23-32(29)44-37)39-36(38)43-30-20-17-27(24-33(30)46-39)40(47)48-21-12-9-6-3;2*2-1-3/h15-20,22-24H,4-14,21H2,1-3H3;;. The summed E-state index contributed by atoms with van der Waals surface area (Å²) in [5, 5.41) is 0. The summed E-state index contributed by atoms with van der Waals surface area (Å²) < 4.78 is 5.54. The maximum Gasteiger partial charge on any atom is 0.373 e. The van der Waals surface area contributed by atoms with Crippen molar-refractivity contribution in [1.82, 2.24) is 29.9 Å². The number of hydrogen-bond donors (Lipinski definition) is 0. The lowest BCUT2D eigenvalue weighted by Gasteiger charge is -2.12. The Morgan fingerprint density at radius 3 is 1.24 bits per heavy atom. The number of benzene rings is 4. The van der Waals surface area contributed by atoms with Crippen LogP contribution in [0.15, 0.2) is 54.6 Å². The van der Waals surface area contributed by atoms with E-state index < -0.39 is 0 Å². The number of hydrogen-bond acceptors (Lipinski definition) is 12. The van der Waals surface area contributed by atoms with Crippen molar-refractivity contribution in [3.05, 3.63) is 71.3 Å². The Labute approximate surface area is 311 Å². The average Bonchev–Trinajstić information content (AvgIpc) is 3.18. The van der Waals surface area contributed by atoms with E-state index in [2.05, 4.69) is 51.1 Å². The molecule has 54 heavy (non-hydrogen) atoms. The van der Waals surface area contributed by atoms with E-state index in [0.29, 0.717) is 56.3 Å². The fraction of sp³-hybridized carbons (Fsp3) is 0.357. The van der Waals surface area contributed by atoms with Crippen molar-refractivity contribution in [3.63, 3.8) is 0 Å². The Morgan fingerprint density at radius 1 is 0.481 bits per heavy atom. The van der Waals surface area contributed by atoms with Crippen LogP contribution in [0, 0.1) is 0 Å². The molecule has 12 nitrogen and oxygen atoms in total. The average molecular weight is 727 g/mol. The first-order valence-corrected chi connectivity index (χ1v) is 18.5. The van der Waals surface area contributed by atoms with Crippen LogP contribution < -0.4 is 0 Å². The molecule has 0 unspecified atom stereocenters. The van der Waals surface area contributed by atoms with E-state index in [0.717, 1.165) is 67.0 Å². The molecule has 0 saturated carbocycles. The molecule has 0 aliphatic rings. The van der Waals surface area contributed by atoms with E-state index in [1.54, 1.807) is 12.1 Å². The van der Waals surface area contributed by atoms with Gasteiger partial charge in [0.05, 0.1) is 45.3 Å². The van der Waals surface area contributed by atoms with Crippen LogP contribution in [0.3, 0.4) is 0 Å². The first-order chi connectivity index (χ1) is 26.4. The van der Waals surface area contributed by atoms with Crippen LogP contribution >= 0.6 is 0 Å². The van der Waals surface area contributed by atoms with Gasteiger partial charge in [0.1, 0.15) is 33.1 Å². The summed E-state index contributed by atoms with van der Waals surface area (Å²) in [5.41, 5.74) is 11.3. The number of rotatable bonds is 13. The van der Waals surface area contributed by atoms with E-state index >= 15 is 0 Å². The maximum absolute atomic E-state index is 12.9. The minimum absolute atomic E-state index is 0.250. The molecule has 0 N–H and O–H groups in total. The maximum atomic E-state index is 12.9. The molecule has 0 aliphatic heterocycles. The molecule has 0 spiro atoms. The zero-order valence-corrected chi connectivity index (χ0v) is 30.8. The Balaban J connectivity index is 0.000000878. The summed E-state index contributed by atoms with van der Waals surface area (Å²) in [5.74, 6) is -0.356. The van der Waals surface area contributed by atoms with Crippen molar-refractivity contribution in [3.8, 4) is 0 Å². The van der Waals surface area contributed by atoms with Gasteiger partial charge >= 0.3 is 18.3 Å². The second kappa shape index (κ2) is 19.1. The van der Waals surface area contributed by atoms with E-state index in [-0.39, 0.29) is 18.3 Å².